The zero-order chi connectivity index (χ0) is 27.6. The molecule has 0 spiro atoms. The van der Waals surface area contributed by atoms with Crippen molar-refractivity contribution in [1.82, 2.24) is 9.78 Å². The number of hydrogen-bond donors (Lipinski definition) is 1. The molecule has 2 aliphatic heterocycles. The highest BCUT2D eigenvalue weighted by Gasteiger charge is 2.35. The molecule has 3 aromatic carbocycles. The summed E-state index contributed by atoms with van der Waals surface area (Å²) in [6.45, 7) is 1.43. The minimum atomic E-state index is -1.17. The Kier molecular flexibility index (Phi) is 6.77. The number of carbonyl (C=O) groups excluding carboxylic acids is 2. The van der Waals surface area contributed by atoms with Crippen LogP contribution in [0.5, 0.6) is 5.75 Å². The summed E-state index contributed by atoms with van der Waals surface area (Å²) in [5.41, 5.74) is 3.63. The lowest BCUT2D eigenvalue weighted by Gasteiger charge is -2.29. The summed E-state index contributed by atoms with van der Waals surface area (Å²) in [4.78, 5) is 41.5. The molecule has 3 heterocycles. The summed E-state index contributed by atoms with van der Waals surface area (Å²) in [6.07, 6.45) is 2.78. The molecule has 1 saturated heterocycles. The van der Waals surface area contributed by atoms with Gasteiger partial charge in [0.25, 0.3) is 5.91 Å². The molecule has 0 saturated carbocycles. The van der Waals surface area contributed by atoms with Crippen molar-refractivity contribution >= 4 is 29.2 Å². The van der Waals surface area contributed by atoms with Gasteiger partial charge < -0.3 is 19.6 Å². The quantitative estimate of drug-likeness (QED) is 0.361. The number of carboxylic acids is 1. The first-order valence-electron chi connectivity index (χ1n) is 13.3. The molecule has 2 aliphatic rings. The fourth-order valence-electron chi connectivity index (χ4n) is 5.28. The maximum atomic E-state index is 13.8. The molecule has 0 unspecified atom stereocenters. The van der Waals surface area contributed by atoms with Gasteiger partial charge in [-0.25, -0.2) is 9.48 Å². The highest BCUT2D eigenvalue weighted by Crippen LogP contribution is 2.31. The van der Waals surface area contributed by atoms with Crippen molar-refractivity contribution in [1.29, 1.82) is 0 Å². The Balaban J connectivity index is 1.26. The van der Waals surface area contributed by atoms with Gasteiger partial charge in [0, 0.05) is 36.4 Å². The van der Waals surface area contributed by atoms with Crippen LogP contribution in [0.1, 0.15) is 51.4 Å². The second-order valence-corrected chi connectivity index (χ2v) is 9.89. The number of carbonyl (C=O) groups is 3. The van der Waals surface area contributed by atoms with Crippen LogP contribution < -0.4 is 14.5 Å². The fraction of sp³-hybridized carbons (Fsp3) is 0.226. The third-order valence-corrected chi connectivity index (χ3v) is 7.35. The van der Waals surface area contributed by atoms with E-state index in [1.54, 1.807) is 34.1 Å². The van der Waals surface area contributed by atoms with Gasteiger partial charge in [0.1, 0.15) is 18.1 Å². The van der Waals surface area contributed by atoms with Crippen LogP contribution in [-0.2, 0) is 17.8 Å². The van der Waals surface area contributed by atoms with E-state index in [0.717, 1.165) is 24.1 Å². The molecule has 202 valence electrons. The van der Waals surface area contributed by atoms with E-state index in [1.807, 2.05) is 54.6 Å². The van der Waals surface area contributed by atoms with Gasteiger partial charge >= 0.3 is 5.97 Å². The standard InChI is InChI=1S/C31H28N4O5/c36-27-8-4-5-18-33(27)22-9-11-23(12-10-22)34-19-17-26-28(31(38)39)32-35(29(26)30(34)37)24-13-15-25(16-14-24)40-20-21-6-2-1-3-7-21/h1-3,6-7,9-16H,4-5,8,17-20H2,(H,38,39). The lowest BCUT2D eigenvalue weighted by Crippen LogP contribution is -2.39. The third kappa shape index (κ3) is 4.82. The van der Waals surface area contributed by atoms with Gasteiger partial charge in [0.2, 0.25) is 5.91 Å². The Bertz CT molecular complexity index is 1560. The number of piperidine rings is 1. The van der Waals surface area contributed by atoms with E-state index in [4.69, 9.17) is 4.74 Å². The molecule has 40 heavy (non-hydrogen) atoms. The van der Waals surface area contributed by atoms with Gasteiger partial charge in [-0.15, -0.1) is 0 Å². The van der Waals surface area contributed by atoms with E-state index < -0.39 is 5.97 Å². The topological polar surface area (TPSA) is 105 Å². The fourth-order valence-corrected chi connectivity index (χ4v) is 5.28. The van der Waals surface area contributed by atoms with E-state index in [2.05, 4.69) is 5.10 Å². The van der Waals surface area contributed by atoms with E-state index in [0.29, 0.717) is 55.2 Å². The Morgan fingerprint density at radius 1 is 0.800 bits per heavy atom. The van der Waals surface area contributed by atoms with Crippen molar-refractivity contribution in [3.8, 4) is 11.4 Å². The zero-order valence-electron chi connectivity index (χ0n) is 21.8. The maximum Gasteiger partial charge on any atom is 0.356 e. The number of aromatic carboxylic acids is 1. The Labute approximate surface area is 231 Å². The molecular formula is C31H28N4O5. The number of fused-ring (bicyclic) bond motifs is 1. The van der Waals surface area contributed by atoms with Crippen molar-refractivity contribution in [2.75, 3.05) is 22.9 Å². The van der Waals surface area contributed by atoms with Crippen LogP contribution in [-0.4, -0.2) is 45.8 Å². The molecule has 1 N–H and O–H groups in total. The van der Waals surface area contributed by atoms with Gasteiger partial charge in [-0.2, -0.15) is 5.10 Å². The Hall–Kier alpha value is -4.92. The second-order valence-electron chi connectivity index (χ2n) is 9.89. The van der Waals surface area contributed by atoms with Gasteiger partial charge in [-0.05, 0) is 73.4 Å². The van der Waals surface area contributed by atoms with E-state index >= 15 is 0 Å². The number of benzene rings is 3. The highest BCUT2D eigenvalue weighted by atomic mass is 16.5. The minimum Gasteiger partial charge on any atom is -0.489 e. The van der Waals surface area contributed by atoms with Crippen molar-refractivity contribution in [3.63, 3.8) is 0 Å². The number of ether oxygens (including phenoxy) is 1. The SMILES string of the molecule is O=C(O)c1nn(-c2ccc(OCc3ccccc3)cc2)c2c1CCN(c1ccc(N3CCCCC3=O)cc1)C2=O. The molecule has 1 aromatic heterocycles. The molecule has 4 aromatic rings. The Morgan fingerprint density at radius 2 is 1.48 bits per heavy atom. The predicted molar refractivity (Wildman–Crippen MR) is 149 cm³/mol. The highest BCUT2D eigenvalue weighted by molar-refractivity contribution is 6.09. The molecule has 6 rings (SSSR count). The first-order valence-corrected chi connectivity index (χ1v) is 13.3. The summed E-state index contributed by atoms with van der Waals surface area (Å²) in [7, 11) is 0. The first kappa shape index (κ1) is 25.4. The molecule has 0 atom stereocenters. The monoisotopic (exact) mass is 536 g/mol. The third-order valence-electron chi connectivity index (χ3n) is 7.35. The van der Waals surface area contributed by atoms with E-state index in [-0.39, 0.29) is 23.2 Å². The molecule has 1 fully saturated rings. The number of carboxylic acid groups (broad SMARTS) is 1. The van der Waals surface area contributed by atoms with Crippen molar-refractivity contribution in [3.05, 3.63) is 101 Å². The summed E-state index contributed by atoms with van der Waals surface area (Å²) in [5, 5.41) is 14.1. The lowest BCUT2D eigenvalue weighted by molar-refractivity contribution is -0.119. The smallest absolute Gasteiger partial charge is 0.356 e. The average molecular weight is 537 g/mol. The number of hydrogen-bond acceptors (Lipinski definition) is 5. The molecular weight excluding hydrogens is 508 g/mol. The largest absolute Gasteiger partial charge is 0.489 e. The molecule has 9 nitrogen and oxygen atoms in total. The van der Waals surface area contributed by atoms with Crippen LogP contribution in [0.15, 0.2) is 78.9 Å². The minimum absolute atomic E-state index is 0.110. The van der Waals surface area contributed by atoms with Crippen LogP contribution in [0.2, 0.25) is 0 Å². The van der Waals surface area contributed by atoms with Gasteiger partial charge in [0.15, 0.2) is 5.69 Å². The summed E-state index contributed by atoms with van der Waals surface area (Å²) in [6, 6.07) is 24.3. The number of anilines is 2. The van der Waals surface area contributed by atoms with Crippen molar-refractivity contribution < 1.29 is 24.2 Å². The number of rotatable bonds is 7. The van der Waals surface area contributed by atoms with Crippen LogP contribution in [0.25, 0.3) is 5.69 Å². The molecule has 2 amide bonds. The number of aromatic nitrogens is 2. The van der Waals surface area contributed by atoms with Crippen LogP contribution >= 0.6 is 0 Å². The molecule has 9 heteroatoms. The van der Waals surface area contributed by atoms with Gasteiger partial charge in [-0.3, -0.25) is 9.59 Å². The molecule has 0 bridgehead atoms. The number of nitrogens with zero attached hydrogens (tertiary/aromatic N) is 4. The summed E-state index contributed by atoms with van der Waals surface area (Å²) >= 11 is 0. The molecule has 0 aliphatic carbocycles. The van der Waals surface area contributed by atoms with Crippen molar-refractivity contribution in [2.24, 2.45) is 0 Å². The summed E-state index contributed by atoms with van der Waals surface area (Å²) < 4.78 is 7.28. The zero-order valence-corrected chi connectivity index (χ0v) is 21.8. The summed E-state index contributed by atoms with van der Waals surface area (Å²) in [5.74, 6) is -0.742. The molecule has 0 radical (unpaired) electrons. The van der Waals surface area contributed by atoms with Gasteiger partial charge in [-0.1, -0.05) is 30.3 Å². The average Bonchev–Trinajstić information content (AvgIpc) is 3.39. The van der Waals surface area contributed by atoms with Crippen LogP contribution in [0.3, 0.4) is 0 Å². The Morgan fingerprint density at radius 3 is 2.15 bits per heavy atom. The second kappa shape index (κ2) is 10.7. The predicted octanol–water partition coefficient (Wildman–Crippen LogP) is 4.87. The van der Waals surface area contributed by atoms with Gasteiger partial charge in [0.05, 0.1) is 5.69 Å². The van der Waals surface area contributed by atoms with E-state index in [9.17, 15) is 19.5 Å². The number of amides is 2. The lowest BCUT2D eigenvalue weighted by atomic mass is 10.0. The van der Waals surface area contributed by atoms with Crippen LogP contribution in [0, 0.1) is 0 Å². The van der Waals surface area contributed by atoms with E-state index in [1.165, 1.54) is 4.68 Å². The van der Waals surface area contributed by atoms with Crippen LogP contribution in [0.4, 0.5) is 11.4 Å². The maximum absolute atomic E-state index is 13.8. The van der Waals surface area contributed by atoms with Crippen molar-refractivity contribution in [2.45, 2.75) is 32.3 Å². The first-order chi connectivity index (χ1) is 19.5. The normalized spacial score (nSPS) is 15.2.